The second-order valence-corrected chi connectivity index (χ2v) is 7.65. The molecule has 0 aliphatic heterocycles. The van der Waals surface area contributed by atoms with Crippen LogP contribution in [-0.4, -0.2) is 31.6 Å². The van der Waals surface area contributed by atoms with Gasteiger partial charge in [-0.3, -0.25) is 9.59 Å². The first kappa shape index (κ1) is 22.6. The highest BCUT2D eigenvalue weighted by atomic mass is 19.1. The Hall–Kier alpha value is -3.09. The summed E-state index contributed by atoms with van der Waals surface area (Å²) in [4.78, 5) is 24.9. The Balaban J connectivity index is 1.62. The van der Waals surface area contributed by atoms with Gasteiger partial charge in [-0.25, -0.2) is 4.39 Å². The normalized spacial score (nSPS) is 17.0. The number of nitrogens with one attached hydrogen (secondary N) is 2. The van der Waals surface area contributed by atoms with Crippen LogP contribution in [0, 0.1) is 17.7 Å². The summed E-state index contributed by atoms with van der Waals surface area (Å²) in [5.41, 5.74) is 1.41. The van der Waals surface area contributed by atoms with E-state index in [9.17, 15) is 14.0 Å². The summed E-state index contributed by atoms with van der Waals surface area (Å²) in [5, 5.41) is 5.57. The lowest BCUT2D eigenvalue weighted by molar-refractivity contribution is -0.117. The molecule has 0 heterocycles. The molecule has 2 unspecified atom stereocenters. The number of anilines is 1. The van der Waals surface area contributed by atoms with Crippen molar-refractivity contribution >= 4 is 17.5 Å². The lowest BCUT2D eigenvalue weighted by Crippen LogP contribution is -2.27. The molecule has 1 aliphatic carbocycles. The molecule has 1 saturated carbocycles. The maximum atomic E-state index is 13.8. The third-order valence-electron chi connectivity index (χ3n) is 5.24. The van der Waals surface area contributed by atoms with E-state index in [2.05, 4.69) is 10.6 Å². The molecule has 0 aromatic heterocycles. The zero-order valence-electron chi connectivity index (χ0n) is 18.2. The van der Waals surface area contributed by atoms with E-state index >= 15 is 0 Å². The highest BCUT2D eigenvalue weighted by Gasteiger charge is 2.39. The third-order valence-corrected chi connectivity index (χ3v) is 5.24. The molecular weight excluding hydrogens is 399 g/mol. The van der Waals surface area contributed by atoms with E-state index in [1.54, 1.807) is 0 Å². The van der Waals surface area contributed by atoms with Gasteiger partial charge in [-0.2, -0.15) is 0 Å². The van der Waals surface area contributed by atoms with Gasteiger partial charge in [0.05, 0.1) is 24.5 Å². The van der Waals surface area contributed by atoms with E-state index in [-0.39, 0.29) is 17.4 Å². The SMILES string of the molecule is CCOc1ccc(CCNC(=O)c2cc(F)ccc2NC(=O)C2CC2C)cc1OCC. The number of ether oxygens (including phenoxy) is 2. The first-order valence-corrected chi connectivity index (χ1v) is 10.7. The lowest BCUT2D eigenvalue weighted by Gasteiger charge is -2.13. The van der Waals surface area contributed by atoms with Crippen molar-refractivity contribution in [1.82, 2.24) is 5.32 Å². The predicted molar refractivity (Wildman–Crippen MR) is 117 cm³/mol. The third kappa shape index (κ3) is 5.96. The number of hydrogen-bond acceptors (Lipinski definition) is 4. The quantitative estimate of drug-likeness (QED) is 0.595. The summed E-state index contributed by atoms with van der Waals surface area (Å²) in [6, 6.07) is 9.47. The van der Waals surface area contributed by atoms with Crippen LogP contribution in [0.5, 0.6) is 11.5 Å². The van der Waals surface area contributed by atoms with Crippen LogP contribution in [0.15, 0.2) is 36.4 Å². The molecule has 2 atom stereocenters. The van der Waals surface area contributed by atoms with Crippen LogP contribution in [0.25, 0.3) is 0 Å². The molecule has 0 bridgehead atoms. The van der Waals surface area contributed by atoms with E-state index in [1.807, 2.05) is 39.0 Å². The molecule has 2 N–H and O–H groups in total. The van der Waals surface area contributed by atoms with Gasteiger partial charge in [0.15, 0.2) is 11.5 Å². The van der Waals surface area contributed by atoms with Crippen molar-refractivity contribution in [2.75, 3.05) is 25.1 Å². The minimum atomic E-state index is -0.532. The van der Waals surface area contributed by atoms with E-state index in [1.165, 1.54) is 12.1 Å². The van der Waals surface area contributed by atoms with E-state index in [0.717, 1.165) is 18.1 Å². The fourth-order valence-corrected chi connectivity index (χ4v) is 3.39. The Labute approximate surface area is 182 Å². The van der Waals surface area contributed by atoms with Gasteiger partial charge < -0.3 is 20.1 Å². The standard InChI is InChI=1S/C24H29FN2O4/c1-4-30-21-9-6-16(13-22(21)31-5-2)10-11-26-23(28)19-14-17(25)7-8-20(19)27-24(29)18-12-15(18)3/h6-9,13-15,18H,4-5,10-12H2,1-3H3,(H,26,28)(H,27,29). The molecule has 3 rings (SSSR count). The molecular formula is C24H29FN2O4. The minimum absolute atomic E-state index is 0.0415. The minimum Gasteiger partial charge on any atom is -0.490 e. The topological polar surface area (TPSA) is 76.7 Å². The van der Waals surface area contributed by atoms with Crippen molar-refractivity contribution in [3.63, 3.8) is 0 Å². The molecule has 2 amide bonds. The molecule has 0 saturated heterocycles. The van der Waals surface area contributed by atoms with Gasteiger partial charge in [-0.05, 0) is 68.5 Å². The molecule has 7 heteroatoms. The van der Waals surface area contributed by atoms with Gasteiger partial charge in [0.2, 0.25) is 5.91 Å². The molecule has 2 aromatic rings. The summed E-state index contributed by atoms with van der Waals surface area (Å²) in [5.74, 6) is 0.546. The summed E-state index contributed by atoms with van der Waals surface area (Å²) < 4.78 is 25.0. The van der Waals surface area contributed by atoms with Crippen LogP contribution >= 0.6 is 0 Å². The Morgan fingerprint density at radius 2 is 1.77 bits per heavy atom. The zero-order chi connectivity index (χ0) is 22.4. The second kappa shape index (κ2) is 10.3. The Kier molecular flexibility index (Phi) is 7.50. The van der Waals surface area contributed by atoms with Crippen LogP contribution in [-0.2, 0) is 11.2 Å². The summed E-state index contributed by atoms with van der Waals surface area (Å²) in [6.07, 6.45) is 1.40. The molecule has 1 fully saturated rings. The van der Waals surface area contributed by atoms with Crippen molar-refractivity contribution in [2.24, 2.45) is 11.8 Å². The monoisotopic (exact) mass is 428 g/mol. The van der Waals surface area contributed by atoms with Crippen molar-refractivity contribution in [2.45, 2.75) is 33.6 Å². The molecule has 1 aliphatic rings. The first-order valence-electron chi connectivity index (χ1n) is 10.7. The maximum Gasteiger partial charge on any atom is 0.253 e. The van der Waals surface area contributed by atoms with Crippen molar-refractivity contribution < 1.29 is 23.5 Å². The molecule has 0 spiro atoms. The number of hydrogen-bond donors (Lipinski definition) is 2. The highest BCUT2D eigenvalue weighted by molar-refractivity contribution is 6.04. The number of benzene rings is 2. The number of carbonyl (C=O) groups excluding carboxylic acids is 2. The lowest BCUT2D eigenvalue weighted by atomic mass is 10.1. The first-order chi connectivity index (χ1) is 14.9. The molecule has 2 aromatic carbocycles. The van der Waals surface area contributed by atoms with Crippen molar-refractivity contribution in [3.05, 3.63) is 53.3 Å². The average molecular weight is 429 g/mol. The predicted octanol–water partition coefficient (Wildman–Crippen LogP) is 4.19. The van der Waals surface area contributed by atoms with Gasteiger partial charge in [0.25, 0.3) is 5.91 Å². The van der Waals surface area contributed by atoms with Gasteiger partial charge in [0.1, 0.15) is 5.82 Å². The van der Waals surface area contributed by atoms with Crippen LogP contribution in [0.2, 0.25) is 0 Å². The molecule has 6 nitrogen and oxygen atoms in total. The summed E-state index contributed by atoms with van der Waals surface area (Å²) in [6.45, 7) is 7.23. The van der Waals surface area contributed by atoms with Crippen LogP contribution in [0.1, 0.15) is 43.1 Å². The largest absolute Gasteiger partial charge is 0.490 e. The highest BCUT2D eigenvalue weighted by Crippen LogP contribution is 2.38. The summed E-state index contributed by atoms with van der Waals surface area (Å²) in [7, 11) is 0. The Morgan fingerprint density at radius 3 is 2.45 bits per heavy atom. The fraction of sp³-hybridized carbons (Fsp3) is 0.417. The Bertz CT molecular complexity index is 947. The maximum absolute atomic E-state index is 13.8. The zero-order valence-corrected chi connectivity index (χ0v) is 18.2. The van der Waals surface area contributed by atoms with Crippen molar-refractivity contribution in [1.29, 1.82) is 0 Å². The van der Waals surface area contributed by atoms with E-state index < -0.39 is 11.7 Å². The molecule has 31 heavy (non-hydrogen) atoms. The van der Waals surface area contributed by atoms with Crippen LogP contribution < -0.4 is 20.1 Å². The van der Waals surface area contributed by atoms with Gasteiger partial charge in [-0.1, -0.05) is 13.0 Å². The van der Waals surface area contributed by atoms with Gasteiger partial charge >= 0.3 is 0 Å². The number of halogens is 1. The Morgan fingerprint density at radius 1 is 1.06 bits per heavy atom. The fourth-order valence-electron chi connectivity index (χ4n) is 3.39. The van der Waals surface area contributed by atoms with Gasteiger partial charge in [0, 0.05) is 12.5 Å². The van der Waals surface area contributed by atoms with Crippen LogP contribution in [0.3, 0.4) is 0 Å². The summed E-state index contributed by atoms with van der Waals surface area (Å²) >= 11 is 0. The molecule has 166 valence electrons. The van der Waals surface area contributed by atoms with E-state index in [4.69, 9.17) is 9.47 Å². The number of rotatable bonds is 10. The van der Waals surface area contributed by atoms with E-state index in [0.29, 0.717) is 49.3 Å². The van der Waals surface area contributed by atoms with Crippen molar-refractivity contribution in [3.8, 4) is 11.5 Å². The van der Waals surface area contributed by atoms with Crippen LogP contribution in [0.4, 0.5) is 10.1 Å². The van der Waals surface area contributed by atoms with Gasteiger partial charge in [-0.15, -0.1) is 0 Å². The second-order valence-electron chi connectivity index (χ2n) is 7.65. The number of amides is 2. The smallest absolute Gasteiger partial charge is 0.253 e. The molecule has 0 radical (unpaired) electrons. The number of carbonyl (C=O) groups is 2. The average Bonchev–Trinajstić information content (AvgIpc) is 3.48.